The number of nitrogens with one attached hydrogen (secondary N) is 2. The van der Waals surface area contributed by atoms with Crippen molar-refractivity contribution in [2.75, 3.05) is 18.9 Å². The van der Waals surface area contributed by atoms with E-state index in [1.807, 2.05) is 51.1 Å². The first kappa shape index (κ1) is 17.7. The van der Waals surface area contributed by atoms with Gasteiger partial charge in [0, 0.05) is 5.69 Å². The van der Waals surface area contributed by atoms with Crippen LogP contribution in [-0.2, 0) is 11.3 Å². The topological polar surface area (TPSA) is 74.6 Å². The first-order valence-corrected chi connectivity index (χ1v) is 7.75. The van der Waals surface area contributed by atoms with E-state index in [0.29, 0.717) is 12.2 Å². The molecule has 0 bridgehead atoms. The smallest absolute Gasteiger partial charge is 0.325 e. The van der Waals surface area contributed by atoms with E-state index < -0.39 is 6.03 Å². The molecule has 0 saturated heterocycles. The second kappa shape index (κ2) is 7.79. The van der Waals surface area contributed by atoms with Gasteiger partial charge in [0.05, 0.1) is 13.1 Å². The highest BCUT2D eigenvalue weighted by Crippen LogP contribution is 2.15. The lowest BCUT2D eigenvalue weighted by Crippen LogP contribution is -2.40. The number of anilines is 1. The van der Waals surface area contributed by atoms with E-state index in [0.717, 1.165) is 22.6 Å². The van der Waals surface area contributed by atoms with E-state index in [-0.39, 0.29) is 12.5 Å². The molecule has 3 amide bonds. The number of amides is 3. The van der Waals surface area contributed by atoms with Crippen molar-refractivity contribution in [1.82, 2.24) is 10.2 Å². The molecule has 0 fully saturated rings. The summed E-state index contributed by atoms with van der Waals surface area (Å²) >= 11 is 0. The molecule has 1 aromatic heterocycles. The van der Waals surface area contributed by atoms with Crippen molar-refractivity contribution in [3.05, 3.63) is 53.0 Å². The summed E-state index contributed by atoms with van der Waals surface area (Å²) in [6, 6.07) is 8.91. The Balaban J connectivity index is 1.81. The lowest BCUT2D eigenvalue weighted by atomic mass is 10.1. The van der Waals surface area contributed by atoms with Gasteiger partial charge >= 0.3 is 6.03 Å². The number of hydrogen-bond donors (Lipinski definition) is 2. The molecule has 128 valence electrons. The standard InChI is InChI=1S/C18H23N3O3/c1-12-5-8-16(13(2)9-12)19-18(23)20-17(22)11-21(4)10-15-7-6-14(3)24-15/h5-9H,10-11H2,1-4H3,(H2,19,20,22,23). The van der Waals surface area contributed by atoms with E-state index in [4.69, 9.17) is 4.42 Å². The first-order chi connectivity index (χ1) is 11.3. The monoisotopic (exact) mass is 329 g/mol. The van der Waals surface area contributed by atoms with Gasteiger partial charge in [-0.2, -0.15) is 0 Å². The van der Waals surface area contributed by atoms with Crippen LogP contribution in [0.5, 0.6) is 0 Å². The third kappa shape index (κ3) is 5.24. The van der Waals surface area contributed by atoms with Gasteiger partial charge in [0.15, 0.2) is 0 Å². The zero-order valence-electron chi connectivity index (χ0n) is 14.5. The molecule has 6 heteroatoms. The van der Waals surface area contributed by atoms with Gasteiger partial charge in [-0.25, -0.2) is 4.79 Å². The predicted molar refractivity (Wildman–Crippen MR) is 92.9 cm³/mol. The molecule has 6 nitrogen and oxygen atoms in total. The van der Waals surface area contributed by atoms with Crippen molar-refractivity contribution >= 4 is 17.6 Å². The number of likely N-dealkylation sites (N-methyl/N-ethyl adjacent to an activating group) is 1. The number of hydrogen-bond acceptors (Lipinski definition) is 4. The van der Waals surface area contributed by atoms with E-state index in [9.17, 15) is 9.59 Å². The predicted octanol–water partition coefficient (Wildman–Crippen LogP) is 2.98. The van der Waals surface area contributed by atoms with Gasteiger partial charge in [-0.15, -0.1) is 0 Å². The number of rotatable bonds is 5. The maximum atomic E-state index is 11.9. The number of nitrogens with zero attached hydrogens (tertiary/aromatic N) is 1. The van der Waals surface area contributed by atoms with Crippen LogP contribution in [0.2, 0.25) is 0 Å². The zero-order valence-corrected chi connectivity index (χ0v) is 14.5. The second-order valence-electron chi connectivity index (χ2n) is 6.01. The molecule has 2 aromatic rings. The lowest BCUT2D eigenvalue weighted by Gasteiger charge is -2.15. The van der Waals surface area contributed by atoms with Gasteiger partial charge in [-0.1, -0.05) is 17.7 Å². The molecule has 0 radical (unpaired) electrons. The maximum absolute atomic E-state index is 11.9. The SMILES string of the molecule is Cc1ccc(NC(=O)NC(=O)CN(C)Cc2ccc(C)o2)c(C)c1. The molecular weight excluding hydrogens is 306 g/mol. The van der Waals surface area contributed by atoms with Crippen molar-refractivity contribution in [2.45, 2.75) is 27.3 Å². The summed E-state index contributed by atoms with van der Waals surface area (Å²) in [5.41, 5.74) is 2.75. The van der Waals surface area contributed by atoms with Gasteiger partial charge < -0.3 is 9.73 Å². The summed E-state index contributed by atoms with van der Waals surface area (Å²) in [6.45, 7) is 6.36. The fourth-order valence-corrected chi connectivity index (χ4v) is 2.41. The Morgan fingerprint density at radius 1 is 1.12 bits per heavy atom. The fourth-order valence-electron chi connectivity index (χ4n) is 2.41. The van der Waals surface area contributed by atoms with Crippen LogP contribution in [0.25, 0.3) is 0 Å². The van der Waals surface area contributed by atoms with Crippen LogP contribution in [0.4, 0.5) is 10.5 Å². The Morgan fingerprint density at radius 3 is 2.50 bits per heavy atom. The highest BCUT2D eigenvalue weighted by Gasteiger charge is 2.12. The average molecular weight is 329 g/mol. The third-order valence-corrected chi connectivity index (χ3v) is 3.52. The number of urea groups is 1. The van der Waals surface area contributed by atoms with Crippen LogP contribution < -0.4 is 10.6 Å². The first-order valence-electron chi connectivity index (χ1n) is 7.75. The molecule has 0 aliphatic heterocycles. The Bertz CT molecular complexity index is 737. The molecule has 0 aliphatic rings. The summed E-state index contributed by atoms with van der Waals surface area (Å²) in [6.07, 6.45) is 0. The molecule has 2 rings (SSSR count). The minimum absolute atomic E-state index is 0.0973. The number of furan rings is 1. The summed E-state index contributed by atoms with van der Waals surface area (Å²) in [5, 5.41) is 5.02. The molecular formula is C18H23N3O3. The summed E-state index contributed by atoms with van der Waals surface area (Å²) < 4.78 is 5.47. The van der Waals surface area contributed by atoms with Gasteiger partial charge in [0.25, 0.3) is 0 Å². The maximum Gasteiger partial charge on any atom is 0.325 e. The normalized spacial score (nSPS) is 10.7. The highest BCUT2D eigenvalue weighted by molar-refractivity contribution is 6.02. The largest absolute Gasteiger partial charge is 0.465 e. The van der Waals surface area contributed by atoms with Crippen molar-refractivity contribution in [3.8, 4) is 0 Å². The molecule has 2 N–H and O–H groups in total. The Labute approximate surface area is 141 Å². The van der Waals surface area contributed by atoms with Crippen molar-refractivity contribution in [2.24, 2.45) is 0 Å². The van der Waals surface area contributed by atoms with Crippen LogP contribution >= 0.6 is 0 Å². The molecule has 0 unspecified atom stereocenters. The van der Waals surface area contributed by atoms with E-state index in [2.05, 4.69) is 10.6 Å². The van der Waals surface area contributed by atoms with Gasteiger partial charge in [0.1, 0.15) is 11.5 Å². The molecule has 0 aliphatic carbocycles. The lowest BCUT2D eigenvalue weighted by molar-refractivity contribution is -0.120. The molecule has 1 aromatic carbocycles. The van der Waals surface area contributed by atoms with Crippen LogP contribution in [0.3, 0.4) is 0 Å². The van der Waals surface area contributed by atoms with Crippen molar-refractivity contribution in [3.63, 3.8) is 0 Å². The van der Waals surface area contributed by atoms with Crippen LogP contribution in [0, 0.1) is 20.8 Å². The van der Waals surface area contributed by atoms with Gasteiger partial charge in [-0.05, 0) is 51.6 Å². The number of carbonyl (C=O) groups excluding carboxylic acids is 2. The Kier molecular flexibility index (Phi) is 5.76. The van der Waals surface area contributed by atoms with Crippen LogP contribution in [-0.4, -0.2) is 30.4 Å². The Hall–Kier alpha value is -2.60. The van der Waals surface area contributed by atoms with E-state index in [1.54, 1.807) is 11.9 Å². The van der Waals surface area contributed by atoms with Gasteiger partial charge in [-0.3, -0.25) is 15.0 Å². The van der Waals surface area contributed by atoms with Crippen molar-refractivity contribution < 1.29 is 14.0 Å². The quantitative estimate of drug-likeness (QED) is 0.884. The molecule has 0 spiro atoms. The summed E-state index contributed by atoms with van der Waals surface area (Å²) in [5.74, 6) is 1.24. The summed E-state index contributed by atoms with van der Waals surface area (Å²) in [4.78, 5) is 25.6. The zero-order chi connectivity index (χ0) is 17.7. The van der Waals surface area contributed by atoms with Crippen LogP contribution in [0.1, 0.15) is 22.6 Å². The Morgan fingerprint density at radius 2 is 1.88 bits per heavy atom. The highest BCUT2D eigenvalue weighted by atomic mass is 16.3. The molecule has 0 saturated carbocycles. The van der Waals surface area contributed by atoms with E-state index in [1.165, 1.54) is 0 Å². The number of benzene rings is 1. The van der Waals surface area contributed by atoms with Crippen molar-refractivity contribution in [1.29, 1.82) is 0 Å². The molecule has 24 heavy (non-hydrogen) atoms. The van der Waals surface area contributed by atoms with E-state index >= 15 is 0 Å². The fraction of sp³-hybridized carbons (Fsp3) is 0.333. The third-order valence-electron chi connectivity index (χ3n) is 3.52. The average Bonchev–Trinajstić information content (AvgIpc) is 2.86. The minimum atomic E-state index is -0.533. The second-order valence-corrected chi connectivity index (χ2v) is 6.01. The van der Waals surface area contributed by atoms with Gasteiger partial charge in [0.2, 0.25) is 5.91 Å². The minimum Gasteiger partial charge on any atom is -0.465 e. The number of carbonyl (C=O) groups is 2. The summed E-state index contributed by atoms with van der Waals surface area (Å²) in [7, 11) is 1.79. The molecule has 0 atom stereocenters. The van der Waals surface area contributed by atoms with Crippen LogP contribution in [0.15, 0.2) is 34.7 Å². The number of imide groups is 1. The number of aryl methyl sites for hydroxylation is 3. The molecule has 1 heterocycles.